The minimum absolute atomic E-state index is 0.144. The molecular weight excluding hydrogens is 191 g/mol. The zero-order valence-electron chi connectivity index (χ0n) is 7.24. The highest BCUT2D eigenvalue weighted by atomic mass is 19.1. The van der Waals surface area contributed by atoms with E-state index in [9.17, 15) is 14.5 Å². The van der Waals surface area contributed by atoms with Crippen LogP contribution in [0.2, 0.25) is 0 Å². The monoisotopic (exact) mass is 200 g/mol. The van der Waals surface area contributed by atoms with E-state index in [1.54, 1.807) is 0 Å². The van der Waals surface area contributed by atoms with Crippen molar-refractivity contribution in [3.8, 4) is 0 Å². The number of halogens is 1. The van der Waals surface area contributed by atoms with Crippen molar-refractivity contribution in [1.29, 1.82) is 0 Å². The second-order valence-corrected chi connectivity index (χ2v) is 2.57. The van der Waals surface area contributed by atoms with Gasteiger partial charge in [0.25, 0.3) is 5.69 Å². The Kier molecular flexibility index (Phi) is 3.35. The van der Waals surface area contributed by atoms with Crippen LogP contribution in [0, 0.1) is 15.9 Å². The van der Waals surface area contributed by atoms with E-state index in [2.05, 4.69) is 5.32 Å². The van der Waals surface area contributed by atoms with Crippen molar-refractivity contribution in [2.24, 2.45) is 0 Å². The van der Waals surface area contributed by atoms with Crippen molar-refractivity contribution < 1.29 is 14.4 Å². The molecule has 0 saturated heterocycles. The molecule has 0 aromatic heterocycles. The Morgan fingerprint density at radius 1 is 1.57 bits per heavy atom. The fourth-order valence-corrected chi connectivity index (χ4v) is 0.996. The first-order chi connectivity index (χ1) is 6.65. The van der Waals surface area contributed by atoms with Gasteiger partial charge < -0.3 is 10.4 Å². The summed E-state index contributed by atoms with van der Waals surface area (Å²) in [6.45, 7) is 0.0427. The molecule has 0 aliphatic heterocycles. The van der Waals surface area contributed by atoms with E-state index in [1.165, 1.54) is 6.07 Å². The molecule has 1 aromatic rings. The molecule has 0 spiro atoms. The maximum atomic E-state index is 12.6. The number of benzene rings is 1. The third kappa shape index (κ3) is 2.40. The molecule has 0 atom stereocenters. The number of nitrogens with one attached hydrogen (secondary N) is 1. The number of nitro benzene ring substituents is 1. The molecule has 0 amide bonds. The summed E-state index contributed by atoms with van der Waals surface area (Å²) in [5.74, 6) is -0.661. The lowest BCUT2D eigenvalue weighted by molar-refractivity contribution is -0.384. The average molecular weight is 200 g/mol. The summed E-state index contributed by atoms with van der Waals surface area (Å²) >= 11 is 0. The lowest BCUT2D eigenvalue weighted by Crippen LogP contribution is -2.07. The predicted molar refractivity (Wildman–Crippen MR) is 48.6 cm³/mol. The zero-order valence-corrected chi connectivity index (χ0v) is 7.24. The standard InChI is InChI=1S/C8H9FN2O3/c9-6-1-2-7(10-3-4-12)8(5-6)11(13)14/h1-2,5,10,12H,3-4H2. The van der Waals surface area contributed by atoms with E-state index in [1.807, 2.05) is 0 Å². The highest BCUT2D eigenvalue weighted by Crippen LogP contribution is 2.24. The molecule has 0 fully saturated rings. The van der Waals surface area contributed by atoms with Crippen molar-refractivity contribution in [2.45, 2.75) is 0 Å². The molecule has 6 heteroatoms. The smallest absolute Gasteiger partial charge is 0.295 e. The van der Waals surface area contributed by atoms with Gasteiger partial charge in [0, 0.05) is 6.54 Å². The Morgan fingerprint density at radius 3 is 2.86 bits per heavy atom. The number of hydrogen-bond acceptors (Lipinski definition) is 4. The van der Waals surface area contributed by atoms with E-state index in [0.717, 1.165) is 12.1 Å². The van der Waals surface area contributed by atoms with Crippen molar-refractivity contribution in [2.75, 3.05) is 18.5 Å². The van der Waals surface area contributed by atoms with E-state index in [0.29, 0.717) is 0 Å². The minimum atomic E-state index is -0.678. The van der Waals surface area contributed by atoms with Gasteiger partial charge in [0.15, 0.2) is 0 Å². The second-order valence-electron chi connectivity index (χ2n) is 2.57. The maximum Gasteiger partial charge on any atom is 0.295 e. The normalized spacial score (nSPS) is 9.86. The number of aliphatic hydroxyl groups excluding tert-OH is 1. The summed E-state index contributed by atoms with van der Waals surface area (Å²) in [7, 11) is 0. The number of aliphatic hydroxyl groups is 1. The van der Waals surface area contributed by atoms with Crippen LogP contribution in [0.25, 0.3) is 0 Å². The van der Waals surface area contributed by atoms with Gasteiger partial charge in [-0.05, 0) is 12.1 Å². The van der Waals surface area contributed by atoms with Gasteiger partial charge in [-0.3, -0.25) is 10.1 Å². The Balaban J connectivity index is 2.96. The molecule has 1 rings (SSSR count). The first kappa shape index (κ1) is 10.4. The molecule has 0 bridgehead atoms. The number of anilines is 1. The Morgan fingerprint density at radius 2 is 2.29 bits per heavy atom. The highest BCUT2D eigenvalue weighted by Gasteiger charge is 2.13. The summed E-state index contributed by atoms with van der Waals surface area (Å²) < 4.78 is 12.6. The molecule has 0 aliphatic rings. The van der Waals surface area contributed by atoms with Crippen LogP contribution in [-0.2, 0) is 0 Å². The molecule has 0 aliphatic carbocycles. The first-order valence-electron chi connectivity index (χ1n) is 3.94. The minimum Gasteiger partial charge on any atom is -0.395 e. The van der Waals surface area contributed by atoms with Gasteiger partial charge >= 0.3 is 0 Å². The SMILES string of the molecule is O=[N+]([O-])c1cc(F)ccc1NCCO. The van der Waals surface area contributed by atoms with E-state index >= 15 is 0 Å². The van der Waals surface area contributed by atoms with E-state index in [4.69, 9.17) is 5.11 Å². The van der Waals surface area contributed by atoms with Gasteiger partial charge in [-0.15, -0.1) is 0 Å². The molecule has 0 unspecified atom stereocenters. The van der Waals surface area contributed by atoms with Crippen LogP contribution in [0.3, 0.4) is 0 Å². The fraction of sp³-hybridized carbons (Fsp3) is 0.250. The topological polar surface area (TPSA) is 75.4 Å². The summed E-state index contributed by atoms with van der Waals surface area (Å²) in [6, 6.07) is 3.22. The highest BCUT2D eigenvalue weighted by molar-refractivity contribution is 5.61. The summed E-state index contributed by atoms with van der Waals surface area (Å²) in [4.78, 5) is 9.80. The van der Waals surface area contributed by atoms with Crippen molar-refractivity contribution >= 4 is 11.4 Å². The van der Waals surface area contributed by atoms with Crippen LogP contribution in [0.4, 0.5) is 15.8 Å². The van der Waals surface area contributed by atoms with Gasteiger partial charge in [-0.1, -0.05) is 0 Å². The van der Waals surface area contributed by atoms with Crippen LogP contribution in [0.1, 0.15) is 0 Å². The lowest BCUT2D eigenvalue weighted by Gasteiger charge is -2.04. The Bertz CT molecular complexity index is 343. The molecule has 5 nitrogen and oxygen atoms in total. The van der Waals surface area contributed by atoms with Gasteiger partial charge in [0.2, 0.25) is 0 Å². The predicted octanol–water partition coefficient (Wildman–Crippen LogP) is 1.14. The van der Waals surface area contributed by atoms with Crippen LogP contribution in [-0.4, -0.2) is 23.2 Å². The molecule has 14 heavy (non-hydrogen) atoms. The zero-order chi connectivity index (χ0) is 10.6. The molecule has 0 radical (unpaired) electrons. The molecule has 2 N–H and O–H groups in total. The second kappa shape index (κ2) is 4.52. The van der Waals surface area contributed by atoms with Gasteiger partial charge in [-0.2, -0.15) is 0 Å². The maximum absolute atomic E-state index is 12.6. The molecule has 76 valence electrons. The fourth-order valence-electron chi connectivity index (χ4n) is 0.996. The van der Waals surface area contributed by atoms with Crippen molar-refractivity contribution in [1.82, 2.24) is 0 Å². The molecule has 1 aromatic carbocycles. The third-order valence-corrected chi connectivity index (χ3v) is 1.58. The lowest BCUT2D eigenvalue weighted by atomic mass is 10.2. The number of hydrogen-bond donors (Lipinski definition) is 2. The largest absolute Gasteiger partial charge is 0.395 e. The van der Waals surface area contributed by atoms with E-state index < -0.39 is 10.7 Å². The number of rotatable bonds is 4. The van der Waals surface area contributed by atoms with Crippen LogP contribution < -0.4 is 5.32 Å². The van der Waals surface area contributed by atoms with Gasteiger partial charge in [0.1, 0.15) is 11.5 Å². The van der Waals surface area contributed by atoms with Gasteiger partial charge in [0.05, 0.1) is 17.6 Å². The first-order valence-corrected chi connectivity index (χ1v) is 3.94. The number of nitro groups is 1. The van der Waals surface area contributed by atoms with Crippen LogP contribution in [0.15, 0.2) is 18.2 Å². The Hall–Kier alpha value is -1.69. The van der Waals surface area contributed by atoms with E-state index in [-0.39, 0.29) is 24.5 Å². The quantitative estimate of drug-likeness (QED) is 0.564. The van der Waals surface area contributed by atoms with Crippen LogP contribution in [0.5, 0.6) is 0 Å². The Labute approximate surface area is 79.3 Å². The number of nitrogens with zero attached hydrogens (tertiary/aromatic N) is 1. The summed E-state index contributed by atoms with van der Waals surface area (Å²) in [5.41, 5.74) is -0.135. The summed E-state index contributed by atoms with van der Waals surface area (Å²) in [6.07, 6.45) is 0. The summed E-state index contributed by atoms with van der Waals surface area (Å²) in [5, 5.41) is 21.6. The molecule has 0 saturated carbocycles. The van der Waals surface area contributed by atoms with Crippen LogP contribution >= 0.6 is 0 Å². The third-order valence-electron chi connectivity index (χ3n) is 1.58. The molecular formula is C8H9FN2O3. The average Bonchev–Trinajstić information content (AvgIpc) is 2.15. The van der Waals surface area contributed by atoms with Gasteiger partial charge in [-0.25, -0.2) is 4.39 Å². The van der Waals surface area contributed by atoms with Crippen molar-refractivity contribution in [3.63, 3.8) is 0 Å². The van der Waals surface area contributed by atoms with Crippen molar-refractivity contribution in [3.05, 3.63) is 34.1 Å². The molecule has 0 heterocycles.